The average molecular weight is 662 g/mol. The first-order valence-electron chi connectivity index (χ1n) is 15.6. The molecule has 1 aliphatic carbocycles. The van der Waals surface area contributed by atoms with Crippen LogP contribution in [-0.2, 0) is 34.8 Å². The van der Waals surface area contributed by atoms with Crippen LogP contribution in [0, 0.1) is 5.92 Å². The number of hydrogen-bond acceptors (Lipinski definition) is 8. The second-order valence-corrected chi connectivity index (χ2v) is 12.7. The summed E-state index contributed by atoms with van der Waals surface area (Å²) in [5, 5.41) is 8.06. The Labute approximate surface area is 274 Å². The van der Waals surface area contributed by atoms with Crippen LogP contribution in [0.1, 0.15) is 65.4 Å². The number of carboxylic acids is 1. The molecule has 0 saturated carbocycles. The lowest BCUT2D eigenvalue weighted by atomic mass is 9.92. The third kappa shape index (κ3) is 17.5. The molecule has 0 amide bonds. The number of allylic oxidation sites excluding steroid dienone is 2. The summed E-state index contributed by atoms with van der Waals surface area (Å²) in [6.45, 7) is 8.93. The van der Waals surface area contributed by atoms with Gasteiger partial charge >= 0.3 is 13.6 Å². The number of para-hydroxylation sites is 1. The highest BCUT2D eigenvalue weighted by atomic mass is 31.2. The minimum Gasteiger partial charge on any atom is -0.480 e. The molecule has 3 rings (SSSR count). The lowest BCUT2D eigenvalue weighted by Gasteiger charge is -2.24. The van der Waals surface area contributed by atoms with Gasteiger partial charge in [0.1, 0.15) is 23.3 Å². The topological polar surface area (TPSA) is 155 Å². The maximum absolute atomic E-state index is 11.3. The quantitative estimate of drug-likeness (QED) is 0.156. The van der Waals surface area contributed by atoms with Gasteiger partial charge in [-0.3, -0.25) is 9.36 Å². The SMILES string of the molecule is CC(=O)CCC1C=CC=CC1OCc1cccc(Oc2ccccc2)c1.CCC(OC)C(CC)OP(C)(=O)O.CC[C@H](N)C(=O)O. The van der Waals surface area contributed by atoms with Gasteiger partial charge in [0, 0.05) is 26.1 Å². The van der Waals surface area contributed by atoms with E-state index in [4.69, 9.17) is 34.5 Å². The first-order chi connectivity index (χ1) is 21.8. The average Bonchev–Trinajstić information content (AvgIpc) is 3.03. The molecule has 2 aromatic carbocycles. The van der Waals surface area contributed by atoms with Crippen LogP contribution in [0.4, 0.5) is 0 Å². The molecule has 0 aliphatic heterocycles. The molecule has 6 atom stereocenters. The zero-order valence-electron chi connectivity index (χ0n) is 27.9. The lowest BCUT2D eigenvalue weighted by Crippen LogP contribution is -2.28. The van der Waals surface area contributed by atoms with Crippen molar-refractivity contribution in [3.63, 3.8) is 0 Å². The number of carbonyl (C=O) groups is 2. The van der Waals surface area contributed by atoms with Crippen molar-refractivity contribution in [1.82, 2.24) is 0 Å². The second-order valence-electron chi connectivity index (χ2n) is 10.9. The van der Waals surface area contributed by atoms with E-state index in [9.17, 15) is 14.2 Å². The standard InChI is InChI=1S/C23H24O3.C8H19O4P.C4H9NO2/c1-18(24)14-15-20-9-5-6-13-23(20)25-17-19-8-7-12-22(16-19)26-21-10-3-2-4-11-21;1-5-7(11-3)8(6-2)12-13(4,9)10;1-2-3(5)4(6)7/h2-13,16,20,23H,14-15,17H2,1H3;7-8H,5-6H2,1-4H3,(H,9,10);3H,2,5H2,1H3,(H,6,7)/t;;3-/m..0/s1. The Bertz CT molecular complexity index is 1260. The summed E-state index contributed by atoms with van der Waals surface area (Å²) in [7, 11) is -1.82. The molecule has 256 valence electrons. The Kier molecular flexibility index (Phi) is 19.9. The lowest BCUT2D eigenvalue weighted by molar-refractivity contribution is -0.138. The summed E-state index contributed by atoms with van der Waals surface area (Å²) in [5.74, 6) is 1.15. The van der Waals surface area contributed by atoms with Crippen molar-refractivity contribution in [2.75, 3.05) is 13.8 Å². The van der Waals surface area contributed by atoms with Crippen molar-refractivity contribution in [2.24, 2.45) is 11.7 Å². The third-order valence-electron chi connectivity index (χ3n) is 6.95. The number of hydrogen-bond donors (Lipinski definition) is 3. The van der Waals surface area contributed by atoms with E-state index in [1.165, 1.54) is 6.66 Å². The summed E-state index contributed by atoms with van der Waals surface area (Å²) in [6.07, 6.45) is 11.2. The Hall–Kier alpha value is -3.11. The summed E-state index contributed by atoms with van der Waals surface area (Å²) in [4.78, 5) is 30.1. The molecule has 0 aromatic heterocycles. The number of nitrogens with two attached hydrogens (primary N) is 1. The molecule has 0 bridgehead atoms. The van der Waals surface area contributed by atoms with Gasteiger partial charge in [0.2, 0.25) is 0 Å². The van der Waals surface area contributed by atoms with Crippen molar-refractivity contribution in [1.29, 1.82) is 0 Å². The molecule has 10 nitrogen and oxygen atoms in total. The van der Waals surface area contributed by atoms with Crippen LogP contribution in [0.3, 0.4) is 0 Å². The van der Waals surface area contributed by atoms with Crippen LogP contribution in [0.2, 0.25) is 0 Å². The maximum atomic E-state index is 11.3. The fourth-order valence-corrected chi connectivity index (χ4v) is 5.16. The largest absolute Gasteiger partial charge is 0.480 e. The number of benzene rings is 2. The Morgan fingerprint density at radius 2 is 1.57 bits per heavy atom. The molecule has 1 aliphatic rings. The van der Waals surface area contributed by atoms with Crippen LogP contribution in [0.5, 0.6) is 11.5 Å². The van der Waals surface area contributed by atoms with Crippen molar-refractivity contribution in [3.8, 4) is 11.5 Å². The van der Waals surface area contributed by atoms with Crippen molar-refractivity contribution in [3.05, 3.63) is 84.5 Å². The summed E-state index contributed by atoms with van der Waals surface area (Å²) in [5.41, 5.74) is 6.08. The van der Waals surface area contributed by atoms with E-state index in [1.807, 2.05) is 80.6 Å². The van der Waals surface area contributed by atoms with E-state index < -0.39 is 19.6 Å². The number of methoxy groups -OCH3 is 1. The zero-order chi connectivity index (χ0) is 34.5. The Morgan fingerprint density at radius 3 is 2.09 bits per heavy atom. The minimum absolute atomic E-state index is 0.00181. The van der Waals surface area contributed by atoms with Crippen LogP contribution in [-0.4, -0.2) is 59.9 Å². The molecule has 0 saturated heterocycles. The molecule has 2 aromatic rings. The fraction of sp³-hybridized carbons (Fsp3) is 0.486. The predicted octanol–water partition coefficient (Wildman–Crippen LogP) is 7.31. The monoisotopic (exact) mass is 661 g/mol. The molecule has 5 unspecified atom stereocenters. The van der Waals surface area contributed by atoms with Gasteiger partial charge in [-0.05, 0) is 62.4 Å². The highest BCUT2D eigenvalue weighted by Gasteiger charge is 2.25. The molecule has 0 heterocycles. The summed E-state index contributed by atoms with van der Waals surface area (Å²) >= 11 is 0. The van der Waals surface area contributed by atoms with E-state index >= 15 is 0 Å². The van der Waals surface area contributed by atoms with E-state index in [1.54, 1.807) is 21.0 Å². The third-order valence-corrected chi connectivity index (χ3v) is 7.61. The van der Waals surface area contributed by atoms with Gasteiger partial charge in [-0.2, -0.15) is 0 Å². The number of Topliss-reactive ketones (excluding diaryl/α,β-unsaturated/α-hetero) is 1. The predicted molar refractivity (Wildman–Crippen MR) is 181 cm³/mol. The molecule has 0 spiro atoms. The normalized spacial score (nSPS) is 18.4. The van der Waals surface area contributed by atoms with Gasteiger partial charge < -0.3 is 39.3 Å². The van der Waals surface area contributed by atoms with Crippen LogP contribution in [0.15, 0.2) is 78.9 Å². The van der Waals surface area contributed by atoms with Gasteiger partial charge in [0.25, 0.3) is 0 Å². The number of carboxylic acid groups (broad SMARTS) is 1. The Balaban J connectivity index is 0.000000441. The molecule has 0 radical (unpaired) electrons. The van der Waals surface area contributed by atoms with Gasteiger partial charge in [-0.25, -0.2) is 0 Å². The molecular formula is C35H52NO9P. The molecule has 0 fully saturated rings. The van der Waals surface area contributed by atoms with Gasteiger partial charge in [-0.1, -0.05) is 75.4 Å². The first kappa shape index (κ1) is 40.9. The van der Waals surface area contributed by atoms with Crippen LogP contribution >= 0.6 is 7.60 Å². The smallest absolute Gasteiger partial charge is 0.325 e. The van der Waals surface area contributed by atoms with Gasteiger partial charge in [0.05, 0.1) is 24.9 Å². The second kappa shape index (κ2) is 22.4. The van der Waals surface area contributed by atoms with E-state index in [2.05, 4.69) is 12.2 Å². The van der Waals surface area contributed by atoms with E-state index in [0.29, 0.717) is 25.9 Å². The first-order valence-corrected chi connectivity index (χ1v) is 17.6. The number of aliphatic carboxylic acids is 1. The molecular weight excluding hydrogens is 609 g/mol. The highest BCUT2D eigenvalue weighted by Crippen LogP contribution is 2.40. The molecule has 46 heavy (non-hydrogen) atoms. The summed E-state index contributed by atoms with van der Waals surface area (Å²) in [6, 6.07) is 17.0. The number of rotatable bonds is 16. The van der Waals surface area contributed by atoms with Crippen molar-refractivity contribution in [2.45, 2.75) is 90.8 Å². The molecule has 4 N–H and O–H groups in total. The van der Waals surface area contributed by atoms with Gasteiger partial charge in [-0.15, -0.1) is 0 Å². The maximum Gasteiger partial charge on any atom is 0.325 e. The highest BCUT2D eigenvalue weighted by molar-refractivity contribution is 7.51. The zero-order valence-corrected chi connectivity index (χ0v) is 28.8. The fourth-order valence-electron chi connectivity index (χ4n) is 4.37. The Morgan fingerprint density at radius 1 is 0.935 bits per heavy atom. The number of ether oxygens (including phenoxy) is 3. The van der Waals surface area contributed by atoms with Crippen molar-refractivity contribution >= 4 is 19.3 Å². The molecule has 11 heteroatoms. The van der Waals surface area contributed by atoms with Crippen LogP contribution in [0.25, 0.3) is 0 Å². The summed E-state index contributed by atoms with van der Waals surface area (Å²) < 4.78 is 33.1. The van der Waals surface area contributed by atoms with E-state index in [0.717, 1.165) is 29.9 Å². The van der Waals surface area contributed by atoms with Crippen LogP contribution < -0.4 is 10.5 Å². The minimum atomic E-state index is -3.40. The van der Waals surface area contributed by atoms with E-state index in [-0.39, 0.29) is 30.0 Å². The number of carbonyl (C=O) groups excluding carboxylic acids is 1. The van der Waals surface area contributed by atoms with Gasteiger partial charge in [0.15, 0.2) is 0 Å². The van der Waals surface area contributed by atoms with Crippen molar-refractivity contribution < 1.29 is 42.9 Å². The number of ketones is 1.